The lowest BCUT2D eigenvalue weighted by Gasteiger charge is -2.10. The second-order valence-electron chi connectivity index (χ2n) is 3.35. The van der Waals surface area contributed by atoms with Crippen LogP contribution in [0.3, 0.4) is 0 Å². The van der Waals surface area contributed by atoms with Crippen molar-refractivity contribution in [3.8, 4) is 0 Å². The largest absolute Gasteiger partial charge is 0.326 e. The van der Waals surface area contributed by atoms with Gasteiger partial charge in [0, 0.05) is 6.54 Å². The second-order valence-corrected chi connectivity index (χ2v) is 4.34. The molecule has 5 heteroatoms. The van der Waals surface area contributed by atoms with Crippen LogP contribution in [0.2, 0.25) is 0 Å². The molecule has 4 nitrogen and oxygen atoms in total. The molecule has 1 fully saturated rings. The molecular formula is C10H16N2O2S. The first kappa shape index (κ1) is 12.1. The minimum absolute atomic E-state index is 0.101. The summed E-state index contributed by atoms with van der Waals surface area (Å²) >= 11 is 1.67. The number of nitrogens with one attached hydrogen (secondary N) is 1. The molecular weight excluding hydrogens is 212 g/mol. The monoisotopic (exact) mass is 228 g/mol. The van der Waals surface area contributed by atoms with Crippen molar-refractivity contribution in [2.75, 3.05) is 18.6 Å². The highest BCUT2D eigenvalue weighted by atomic mass is 32.2. The van der Waals surface area contributed by atoms with E-state index in [0.29, 0.717) is 19.4 Å². The van der Waals surface area contributed by atoms with Crippen molar-refractivity contribution in [1.29, 1.82) is 0 Å². The summed E-state index contributed by atoms with van der Waals surface area (Å²) in [6.07, 6.45) is 5.04. The van der Waals surface area contributed by atoms with Crippen LogP contribution in [-0.2, 0) is 4.79 Å². The highest BCUT2D eigenvalue weighted by molar-refractivity contribution is 7.98. The Morgan fingerprint density at radius 3 is 2.93 bits per heavy atom. The number of imide groups is 1. The highest BCUT2D eigenvalue weighted by Gasteiger charge is 2.36. The first-order chi connectivity index (χ1) is 7.20. The molecule has 0 aromatic carbocycles. The molecule has 1 aliphatic heterocycles. The molecule has 0 bridgehead atoms. The molecule has 1 heterocycles. The van der Waals surface area contributed by atoms with Crippen molar-refractivity contribution in [3.63, 3.8) is 0 Å². The molecule has 1 saturated heterocycles. The lowest BCUT2D eigenvalue weighted by atomic mass is 10.2. The number of carbonyl (C=O) groups excluding carboxylic acids is 2. The van der Waals surface area contributed by atoms with Gasteiger partial charge in [0.2, 0.25) is 0 Å². The van der Waals surface area contributed by atoms with Crippen LogP contribution in [0.15, 0.2) is 12.7 Å². The molecule has 84 valence electrons. The van der Waals surface area contributed by atoms with E-state index in [9.17, 15) is 9.59 Å². The Morgan fingerprint density at radius 2 is 2.33 bits per heavy atom. The zero-order valence-corrected chi connectivity index (χ0v) is 9.68. The van der Waals surface area contributed by atoms with Gasteiger partial charge in [0.25, 0.3) is 5.91 Å². The van der Waals surface area contributed by atoms with E-state index in [2.05, 4.69) is 11.9 Å². The third-order valence-corrected chi connectivity index (χ3v) is 2.92. The fraction of sp³-hybridized carbons (Fsp3) is 0.600. The third-order valence-electron chi connectivity index (χ3n) is 2.27. The van der Waals surface area contributed by atoms with Gasteiger partial charge in [0.05, 0.1) is 0 Å². The molecule has 1 aliphatic rings. The van der Waals surface area contributed by atoms with Crippen LogP contribution < -0.4 is 5.32 Å². The Balaban J connectivity index is 2.50. The molecule has 0 aliphatic carbocycles. The van der Waals surface area contributed by atoms with Crippen molar-refractivity contribution < 1.29 is 9.59 Å². The topological polar surface area (TPSA) is 49.4 Å². The summed E-state index contributed by atoms with van der Waals surface area (Å²) in [7, 11) is 0. The summed E-state index contributed by atoms with van der Waals surface area (Å²) in [4.78, 5) is 24.4. The number of urea groups is 1. The van der Waals surface area contributed by atoms with E-state index < -0.39 is 0 Å². The Hall–Kier alpha value is -0.970. The molecule has 0 aromatic rings. The van der Waals surface area contributed by atoms with E-state index in [1.54, 1.807) is 17.8 Å². The van der Waals surface area contributed by atoms with Gasteiger partial charge < -0.3 is 5.32 Å². The van der Waals surface area contributed by atoms with E-state index in [1.165, 1.54) is 4.90 Å². The number of thioether (sulfide) groups is 1. The number of rotatable bonds is 6. The van der Waals surface area contributed by atoms with Crippen LogP contribution in [0.25, 0.3) is 0 Å². The average Bonchev–Trinajstić information content (AvgIpc) is 2.49. The van der Waals surface area contributed by atoms with Gasteiger partial charge in [-0.25, -0.2) is 4.79 Å². The Labute approximate surface area is 94.1 Å². The molecule has 0 radical (unpaired) electrons. The number of nitrogens with zero attached hydrogens (tertiary/aromatic N) is 1. The number of amides is 3. The SMILES string of the molecule is C=CCCN1C(=O)N[C@@H](CCSC)C1=O. The van der Waals surface area contributed by atoms with Crippen molar-refractivity contribution in [3.05, 3.63) is 12.7 Å². The summed E-state index contributed by atoms with van der Waals surface area (Å²) in [5.74, 6) is 0.780. The number of carbonyl (C=O) groups is 2. The van der Waals surface area contributed by atoms with Crippen molar-refractivity contribution >= 4 is 23.7 Å². The molecule has 0 spiro atoms. The number of hydrogen-bond acceptors (Lipinski definition) is 3. The maximum atomic E-state index is 11.7. The average molecular weight is 228 g/mol. The maximum absolute atomic E-state index is 11.7. The highest BCUT2D eigenvalue weighted by Crippen LogP contribution is 2.12. The van der Waals surface area contributed by atoms with Crippen LogP contribution in [0, 0.1) is 0 Å². The minimum atomic E-state index is -0.324. The summed E-state index contributed by atoms with van der Waals surface area (Å²) in [5.41, 5.74) is 0. The first-order valence-corrected chi connectivity index (χ1v) is 6.31. The van der Waals surface area contributed by atoms with E-state index in [4.69, 9.17) is 0 Å². The van der Waals surface area contributed by atoms with Crippen LogP contribution >= 0.6 is 11.8 Å². The molecule has 15 heavy (non-hydrogen) atoms. The van der Waals surface area contributed by atoms with Gasteiger partial charge in [-0.3, -0.25) is 9.69 Å². The minimum Gasteiger partial charge on any atom is -0.326 e. The molecule has 1 atom stereocenters. The van der Waals surface area contributed by atoms with Gasteiger partial charge in [-0.2, -0.15) is 11.8 Å². The van der Waals surface area contributed by atoms with Crippen molar-refractivity contribution in [2.24, 2.45) is 0 Å². The van der Waals surface area contributed by atoms with Gasteiger partial charge in [-0.15, -0.1) is 6.58 Å². The summed E-state index contributed by atoms with van der Waals surface area (Å²) in [6, 6.07) is -0.595. The van der Waals surface area contributed by atoms with E-state index >= 15 is 0 Å². The van der Waals surface area contributed by atoms with Gasteiger partial charge in [-0.1, -0.05) is 6.08 Å². The van der Waals surface area contributed by atoms with Crippen LogP contribution in [0.4, 0.5) is 4.79 Å². The van der Waals surface area contributed by atoms with Crippen LogP contribution in [0.1, 0.15) is 12.8 Å². The van der Waals surface area contributed by atoms with E-state index in [0.717, 1.165) is 5.75 Å². The van der Waals surface area contributed by atoms with Gasteiger partial charge in [0.1, 0.15) is 6.04 Å². The predicted molar refractivity (Wildman–Crippen MR) is 61.8 cm³/mol. The molecule has 3 amide bonds. The zero-order chi connectivity index (χ0) is 11.3. The molecule has 0 saturated carbocycles. The smallest absolute Gasteiger partial charge is 0.324 e. The first-order valence-electron chi connectivity index (χ1n) is 4.92. The molecule has 1 N–H and O–H groups in total. The third kappa shape index (κ3) is 2.99. The summed E-state index contributed by atoms with van der Waals surface area (Å²) < 4.78 is 0. The Kier molecular flexibility index (Phi) is 4.68. The fourth-order valence-electron chi connectivity index (χ4n) is 1.44. The standard InChI is InChI=1S/C10H16N2O2S/c1-3-4-6-12-9(13)8(5-7-15-2)11-10(12)14/h3,8H,1,4-7H2,2H3,(H,11,14)/t8-/m0/s1. The van der Waals surface area contributed by atoms with Gasteiger partial charge in [-0.05, 0) is 24.9 Å². The van der Waals surface area contributed by atoms with E-state index in [1.807, 2.05) is 6.26 Å². The van der Waals surface area contributed by atoms with Crippen LogP contribution in [-0.4, -0.2) is 41.4 Å². The summed E-state index contributed by atoms with van der Waals surface area (Å²) in [5, 5.41) is 2.69. The predicted octanol–water partition coefficient (Wildman–Crippen LogP) is 1.24. The quantitative estimate of drug-likeness (QED) is 0.549. The lowest BCUT2D eigenvalue weighted by molar-refractivity contribution is -0.127. The Bertz CT molecular complexity index is 268. The second kappa shape index (κ2) is 5.80. The molecule has 0 unspecified atom stereocenters. The summed E-state index contributed by atoms with van der Waals surface area (Å²) in [6.45, 7) is 4.00. The van der Waals surface area contributed by atoms with E-state index in [-0.39, 0.29) is 18.0 Å². The van der Waals surface area contributed by atoms with Crippen molar-refractivity contribution in [2.45, 2.75) is 18.9 Å². The maximum Gasteiger partial charge on any atom is 0.324 e. The fourth-order valence-corrected chi connectivity index (χ4v) is 1.91. The van der Waals surface area contributed by atoms with Crippen molar-refractivity contribution in [1.82, 2.24) is 10.2 Å². The van der Waals surface area contributed by atoms with Gasteiger partial charge in [0.15, 0.2) is 0 Å². The molecule has 0 aromatic heterocycles. The molecule has 1 rings (SSSR count). The normalized spacial score (nSPS) is 20.6. The number of hydrogen-bond donors (Lipinski definition) is 1. The Morgan fingerprint density at radius 1 is 1.60 bits per heavy atom. The zero-order valence-electron chi connectivity index (χ0n) is 8.86. The van der Waals surface area contributed by atoms with Gasteiger partial charge >= 0.3 is 6.03 Å². The lowest BCUT2D eigenvalue weighted by Crippen LogP contribution is -2.32. The van der Waals surface area contributed by atoms with Crippen LogP contribution in [0.5, 0.6) is 0 Å².